The molecule has 3 heterocycles. The van der Waals surface area contributed by atoms with Gasteiger partial charge in [-0.05, 0) is 27.7 Å². The van der Waals surface area contributed by atoms with E-state index in [1.165, 1.54) is 33.0 Å². The minimum absolute atomic E-state index is 0.130. The lowest BCUT2D eigenvalue weighted by Gasteiger charge is -2.16. The van der Waals surface area contributed by atoms with E-state index in [4.69, 9.17) is 0 Å². The third kappa shape index (κ3) is 2.39. The van der Waals surface area contributed by atoms with E-state index in [0.29, 0.717) is 10.7 Å². The third-order valence-electron chi connectivity index (χ3n) is 3.33. The van der Waals surface area contributed by atoms with Crippen LogP contribution in [-0.2, 0) is 12.1 Å². The zero-order valence-corrected chi connectivity index (χ0v) is 13.7. The highest BCUT2D eigenvalue weighted by molar-refractivity contribution is 7.15. The smallest absolute Gasteiger partial charge is 0.275 e. The molecule has 3 rings (SSSR count). The van der Waals surface area contributed by atoms with Crippen molar-refractivity contribution in [1.29, 1.82) is 0 Å². The molecule has 3 aromatic rings. The van der Waals surface area contributed by atoms with Gasteiger partial charge < -0.3 is 0 Å². The van der Waals surface area contributed by atoms with Gasteiger partial charge >= 0.3 is 5.69 Å². The first kappa shape index (κ1) is 14.7. The first-order chi connectivity index (χ1) is 10.3. The molecule has 0 saturated carbocycles. The lowest BCUT2D eigenvalue weighted by molar-refractivity contribution is 0.340. The molecule has 8 heteroatoms. The maximum atomic E-state index is 12.3. The number of thiazole rings is 1. The third-order valence-corrected chi connectivity index (χ3v) is 4.27. The number of aromatic nitrogens is 5. The predicted molar refractivity (Wildman–Crippen MR) is 84.7 cm³/mol. The Morgan fingerprint density at radius 3 is 2.64 bits per heavy atom. The molecule has 0 aliphatic carbocycles. The average molecular weight is 319 g/mol. The van der Waals surface area contributed by atoms with Crippen molar-refractivity contribution in [3.05, 3.63) is 50.0 Å². The van der Waals surface area contributed by atoms with E-state index >= 15 is 0 Å². The van der Waals surface area contributed by atoms with Gasteiger partial charge in [-0.1, -0.05) is 0 Å². The van der Waals surface area contributed by atoms with Gasteiger partial charge in [-0.3, -0.25) is 13.8 Å². The van der Waals surface area contributed by atoms with Gasteiger partial charge in [0.2, 0.25) is 0 Å². The minimum Gasteiger partial charge on any atom is -0.275 e. The highest BCUT2D eigenvalue weighted by Gasteiger charge is 2.19. The van der Waals surface area contributed by atoms with E-state index in [1.54, 1.807) is 4.40 Å². The van der Waals surface area contributed by atoms with Gasteiger partial charge in [0.25, 0.3) is 5.56 Å². The molecule has 0 aliphatic rings. The minimum atomic E-state index is -0.385. The van der Waals surface area contributed by atoms with Crippen LogP contribution >= 0.6 is 11.3 Å². The van der Waals surface area contributed by atoms with Gasteiger partial charge in [-0.15, -0.1) is 11.3 Å². The van der Waals surface area contributed by atoms with E-state index in [-0.39, 0.29) is 23.3 Å². The Morgan fingerprint density at radius 2 is 2.00 bits per heavy atom. The summed E-state index contributed by atoms with van der Waals surface area (Å²) in [5.41, 5.74) is 0.695. The number of rotatable bonds is 2. The Balaban J connectivity index is 2.03. The second-order valence-corrected chi connectivity index (χ2v) is 7.04. The standard InChI is InChI=1S/C14H17N5O2S/c1-9-7-22-12-16-10(5-11(20)18(9)12)6-17-8-15-19(13(17)21)14(2,3)4/h5,7-8H,6H2,1-4H3. The second kappa shape index (κ2) is 4.91. The maximum Gasteiger partial charge on any atom is 0.346 e. The zero-order chi connectivity index (χ0) is 16.1. The van der Waals surface area contributed by atoms with Crippen LogP contribution in [0.5, 0.6) is 0 Å². The topological polar surface area (TPSA) is 74.2 Å². The van der Waals surface area contributed by atoms with Gasteiger partial charge in [-0.25, -0.2) is 14.5 Å². The first-order valence-electron chi connectivity index (χ1n) is 6.89. The van der Waals surface area contributed by atoms with Gasteiger partial charge in [0, 0.05) is 17.1 Å². The van der Waals surface area contributed by atoms with Crippen LogP contribution in [0.25, 0.3) is 4.96 Å². The molecule has 116 valence electrons. The molecule has 0 bridgehead atoms. The molecular weight excluding hydrogens is 302 g/mol. The number of fused-ring (bicyclic) bond motifs is 1. The predicted octanol–water partition coefficient (Wildman–Crippen LogP) is 1.23. The summed E-state index contributed by atoms with van der Waals surface area (Å²) >= 11 is 1.41. The molecule has 0 unspecified atom stereocenters. The van der Waals surface area contributed by atoms with Crippen molar-refractivity contribution in [2.75, 3.05) is 0 Å². The first-order valence-corrected chi connectivity index (χ1v) is 7.77. The normalized spacial score (nSPS) is 12.2. The molecule has 22 heavy (non-hydrogen) atoms. The summed E-state index contributed by atoms with van der Waals surface area (Å²) in [6.45, 7) is 7.84. The molecule has 0 saturated heterocycles. The van der Waals surface area contributed by atoms with Crippen LogP contribution in [0.4, 0.5) is 0 Å². The Kier molecular flexibility index (Phi) is 3.28. The summed E-state index contributed by atoms with van der Waals surface area (Å²) in [5.74, 6) is 0. The fraction of sp³-hybridized carbons (Fsp3) is 0.429. The quantitative estimate of drug-likeness (QED) is 0.712. The summed E-state index contributed by atoms with van der Waals surface area (Å²) in [5, 5.41) is 6.02. The van der Waals surface area contributed by atoms with E-state index in [2.05, 4.69) is 10.1 Å². The largest absolute Gasteiger partial charge is 0.346 e. The number of aryl methyl sites for hydroxylation is 1. The van der Waals surface area contributed by atoms with E-state index < -0.39 is 0 Å². The summed E-state index contributed by atoms with van der Waals surface area (Å²) < 4.78 is 4.45. The van der Waals surface area contributed by atoms with Crippen LogP contribution in [-0.4, -0.2) is 23.7 Å². The monoisotopic (exact) mass is 319 g/mol. The highest BCUT2D eigenvalue weighted by Crippen LogP contribution is 2.12. The van der Waals surface area contributed by atoms with Gasteiger partial charge in [0.05, 0.1) is 17.8 Å². The molecule has 7 nitrogen and oxygen atoms in total. The molecule has 0 aliphatic heterocycles. The van der Waals surface area contributed by atoms with Crippen molar-refractivity contribution >= 4 is 16.3 Å². The Hall–Kier alpha value is -2.22. The maximum absolute atomic E-state index is 12.3. The van der Waals surface area contributed by atoms with Crippen molar-refractivity contribution in [2.24, 2.45) is 0 Å². The summed E-state index contributed by atoms with van der Waals surface area (Å²) in [4.78, 5) is 29.6. The van der Waals surface area contributed by atoms with Crippen LogP contribution in [0.2, 0.25) is 0 Å². The molecule has 0 N–H and O–H groups in total. The van der Waals surface area contributed by atoms with Crippen molar-refractivity contribution in [3.8, 4) is 0 Å². The number of hydrogen-bond acceptors (Lipinski definition) is 5. The molecule has 0 fully saturated rings. The Morgan fingerprint density at radius 1 is 1.27 bits per heavy atom. The second-order valence-electron chi connectivity index (χ2n) is 6.20. The van der Waals surface area contributed by atoms with E-state index in [1.807, 2.05) is 33.1 Å². The molecule has 0 aromatic carbocycles. The van der Waals surface area contributed by atoms with Crippen molar-refractivity contribution in [2.45, 2.75) is 39.8 Å². The lowest BCUT2D eigenvalue weighted by Crippen LogP contribution is -2.36. The van der Waals surface area contributed by atoms with E-state index in [0.717, 1.165) is 5.69 Å². The molecule has 0 atom stereocenters. The molecule has 0 spiro atoms. The SMILES string of the molecule is Cc1csc2nc(Cn3cnn(C(C)(C)C)c3=O)cc(=O)n12. The van der Waals surface area contributed by atoms with Gasteiger partial charge in [-0.2, -0.15) is 5.10 Å². The van der Waals surface area contributed by atoms with Crippen molar-refractivity contribution < 1.29 is 0 Å². The van der Waals surface area contributed by atoms with Gasteiger partial charge in [0.1, 0.15) is 6.33 Å². The fourth-order valence-corrected chi connectivity index (χ4v) is 3.15. The van der Waals surface area contributed by atoms with Crippen molar-refractivity contribution in [1.82, 2.24) is 23.7 Å². The Bertz CT molecular complexity index is 954. The van der Waals surface area contributed by atoms with Crippen LogP contribution in [0.15, 0.2) is 27.4 Å². The highest BCUT2D eigenvalue weighted by atomic mass is 32.1. The molecule has 3 aromatic heterocycles. The summed E-state index contributed by atoms with van der Waals surface area (Å²) in [6.07, 6.45) is 1.48. The fourth-order valence-electron chi connectivity index (χ4n) is 2.26. The molecular formula is C14H17N5O2S. The van der Waals surface area contributed by atoms with Crippen LogP contribution < -0.4 is 11.2 Å². The van der Waals surface area contributed by atoms with Crippen LogP contribution in [0, 0.1) is 6.92 Å². The number of nitrogens with zero attached hydrogens (tertiary/aromatic N) is 5. The molecule has 0 radical (unpaired) electrons. The molecule has 0 amide bonds. The zero-order valence-electron chi connectivity index (χ0n) is 12.9. The Labute approximate surface area is 130 Å². The van der Waals surface area contributed by atoms with Crippen molar-refractivity contribution in [3.63, 3.8) is 0 Å². The van der Waals surface area contributed by atoms with E-state index in [9.17, 15) is 9.59 Å². The number of hydrogen-bond donors (Lipinski definition) is 0. The summed E-state index contributed by atoms with van der Waals surface area (Å²) in [6, 6.07) is 1.47. The van der Waals surface area contributed by atoms with Crippen LogP contribution in [0.3, 0.4) is 0 Å². The van der Waals surface area contributed by atoms with Crippen LogP contribution in [0.1, 0.15) is 32.2 Å². The van der Waals surface area contributed by atoms with Gasteiger partial charge in [0.15, 0.2) is 4.96 Å². The average Bonchev–Trinajstić information content (AvgIpc) is 2.94. The summed E-state index contributed by atoms with van der Waals surface area (Å²) in [7, 11) is 0. The lowest BCUT2D eigenvalue weighted by atomic mass is 10.1.